The minimum Gasteiger partial charge on any atom is -0.376 e. The Morgan fingerprint density at radius 3 is 1.33 bits per heavy atom. The molecule has 1 aromatic rings. The van der Waals surface area contributed by atoms with Crippen LogP contribution in [0.1, 0.15) is 79.1 Å². The average molecular weight is 421 g/mol. The van der Waals surface area contributed by atoms with Crippen LogP contribution in [0.4, 0.5) is 17.8 Å². The molecule has 2 saturated carbocycles. The van der Waals surface area contributed by atoms with Crippen molar-refractivity contribution in [1.82, 2.24) is 15.0 Å². The van der Waals surface area contributed by atoms with E-state index in [4.69, 9.17) is 9.47 Å². The number of rotatable bonds is 9. The molecule has 1 aromatic heterocycles. The van der Waals surface area contributed by atoms with Crippen LogP contribution in [0.5, 0.6) is 0 Å². The predicted octanol–water partition coefficient (Wildman–Crippen LogP) is 4.21. The monoisotopic (exact) mass is 420 g/mol. The molecule has 1 heterocycles. The van der Waals surface area contributed by atoms with Crippen LogP contribution in [0.2, 0.25) is 0 Å². The molecular weight excluding hydrogens is 380 g/mol. The van der Waals surface area contributed by atoms with Crippen LogP contribution in [-0.4, -0.2) is 58.5 Å². The summed E-state index contributed by atoms with van der Waals surface area (Å²) >= 11 is 0. The maximum atomic E-state index is 5.96. The van der Waals surface area contributed by atoms with Crippen LogP contribution < -0.4 is 16.0 Å². The Bertz CT molecular complexity index is 590. The highest BCUT2D eigenvalue weighted by Crippen LogP contribution is 2.26. The molecule has 0 spiro atoms. The van der Waals surface area contributed by atoms with Gasteiger partial charge in [0.05, 0.1) is 24.4 Å². The van der Waals surface area contributed by atoms with Gasteiger partial charge in [0.1, 0.15) is 0 Å². The van der Waals surface area contributed by atoms with Crippen LogP contribution in [0.3, 0.4) is 0 Å². The Morgan fingerprint density at radius 1 is 0.633 bits per heavy atom. The third-order valence-corrected chi connectivity index (χ3v) is 5.80. The summed E-state index contributed by atoms with van der Waals surface area (Å²) in [5.74, 6) is 1.87. The van der Waals surface area contributed by atoms with E-state index in [2.05, 4.69) is 58.6 Å². The van der Waals surface area contributed by atoms with Crippen molar-refractivity contribution in [3.05, 3.63) is 0 Å². The minimum absolute atomic E-state index is 0.293. The van der Waals surface area contributed by atoms with Crippen molar-refractivity contribution in [2.75, 3.05) is 23.0 Å². The van der Waals surface area contributed by atoms with E-state index < -0.39 is 0 Å². The molecule has 0 aromatic carbocycles. The van der Waals surface area contributed by atoms with Crippen molar-refractivity contribution in [2.24, 2.45) is 0 Å². The normalized spacial score (nSPS) is 27.3. The number of hydrogen-bond donors (Lipinski definition) is 3. The van der Waals surface area contributed by atoms with Crippen molar-refractivity contribution < 1.29 is 9.47 Å². The van der Waals surface area contributed by atoms with Crippen LogP contribution in [0.15, 0.2) is 0 Å². The molecule has 2 aliphatic carbocycles. The number of aromatic nitrogens is 3. The summed E-state index contributed by atoms with van der Waals surface area (Å²) in [6.07, 6.45) is 9.92. The van der Waals surface area contributed by atoms with Gasteiger partial charge in [0.15, 0.2) is 0 Å². The van der Waals surface area contributed by atoms with E-state index in [1.807, 2.05) is 7.05 Å². The first kappa shape index (κ1) is 23.0. The van der Waals surface area contributed by atoms with Gasteiger partial charge in [0.25, 0.3) is 0 Å². The van der Waals surface area contributed by atoms with Gasteiger partial charge in [-0.3, -0.25) is 0 Å². The highest BCUT2D eigenvalue weighted by molar-refractivity contribution is 5.42. The zero-order valence-corrected chi connectivity index (χ0v) is 19.3. The smallest absolute Gasteiger partial charge is 0.229 e. The highest BCUT2D eigenvalue weighted by Gasteiger charge is 2.25. The van der Waals surface area contributed by atoms with Crippen molar-refractivity contribution >= 4 is 17.8 Å². The van der Waals surface area contributed by atoms with Crippen molar-refractivity contribution in [1.29, 1.82) is 0 Å². The van der Waals surface area contributed by atoms with Gasteiger partial charge in [0.2, 0.25) is 17.8 Å². The fraction of sp³-hybridized carbons (Fsp3) is 0.864. The average Bonchev–Trinajstić information content (AvgIpc) is 2.70. The molecule has 0 saturated heterocycles. The summed E-state index contributed by atoms with van der Waals surface area (Å²) in [5.41, 5.74) is 0. The second kappa shape index (κ2) is 11.1. The molecule has 0 aliphatic heterocycles. The van der Waals surface area contributed by atoms with Gasteiger partial charge in [0, 0.05) is 19.1 Å². The fourth-order valence-corrected chi connectivity index (χ4v) is 4.44. The number of nitrogens with zero attached hydrogens (tertiary/aromatic N) is 3. The largest absolute Gasteiger partial charge is 0.376 e. The maximum Gasteiger partial charge on any atom is 0.229 e. The molecule has 8 nitrogen and oxygen atoms in total. The lowest BCUT2D eigenvalue weighted by atomic mass is 9.93. The van der Waals surface area contributed by atoms with Gasteiger partial charge in [-0.15, -0.1) is 0 Å². The summed E-state index contributed by atoms with van der Waals surface area (Å²) in [7, 11) is 1.84. The zero-order valence-electron chi connectivity index (χ0n) is 19.3. The molecule has 30 heavy (non-hydrogen) atoms. The molecule has 8 heteroatoms. The maximum absolute atomic E-state index is 5.96. The van der Waals surface area contributed by atoms with Gasteiger partial charge >= 0.3 is 0 Å². The molecule has 2 fully saturated rings. The lowest BCUT2D eigenvalue weighted by molar-refractivity contribution is -0.0135. The van der Waals surface area contributed by atoms with Crippen molar-refractivity contribution in [3.63, 3.8) is 0 Å². The Morgan fingerprint density at radius 2 is 1.00 bits per heavy atom. The number of ether oxygens (including phenoxy) is 2. The molecule has 170 valence electrons. The van der Waals surface area contributed by atoms with Crippen LogP contribution in [0, 0.1) is 0 Å². The van der Waals surface area contributed by atoms with Gasteiger partial charge in [-0.1, -0.05) is 0 Å². The molecule has 0 bridgehead atoms. The molecule has 2 aliphatic rings. The standard InChI is InChI=1S/C22H40N6O2/c1-14(2)29-18-10-6-16(7-11-18)24-21-26-20(23-5)27-22(28-21)25-17-8-12-19(13-9-17)30-15(3)4/h14-19H,6-13H2,1-5H3,(H3,23,24,25,26,27,28). The first-order valence-corrected chi connectivity index (χ1v) is 11.7. The molecule has 0 atom stereocenters. The van der Waals surface area contributed by atoms with E-state index in [0.717, 1.165) is 51.4 Å². The van der Waals surface area contributed by atoms with E-state index >= 15 is 0 Å². The highest BCUT2D eigenvalue weighted by atomic mass is 16.5. The molecule has 3 N–H and O–H groups in total. The Balaban J connectivity index is 1.53. The predicted molar refractivity (Wildman–Crippen MR) is 121 cm³/mol. The summed E-state index contributed by atoms with van der Waals surface area (Å²) < 4.78 is 11.9. The Labute approximate surface area is 181 Å². The molecule has 0 amide bonds. The summed E-state index contributed by atoms with van der Waals surface area (Å²) in [6, 6.07) is 0.751. The molecule has 0 unspecified atom stereocenters. The van der Waals surface area contributed by atoms with Gasteiger partial charge in [-0.2, -0.15) is 15.0 Å². The summed E-state index contributed by atoms with van der Waals surface area (Å²) in [6.45, 7) is 8.42. The second-order valence-electron chi connectivity index (χ2n) is 9.16. The third-order valence-electron chi connectivity index (χ3n) is 5.80. The number of hydrogen-bond acceptors (Lipinski definition) is 8. The molecule has 3 rings (SSSR count). The fourth-order valence-electron chi connectivity index (χ4n) is 4.44. The lowest BCUT2D eigenvalue weighted by Gasteiger charge is -2.31. The Kier molecular flexibility index (Phi) is 8.50. The zero-order chi connectivity index (χ0) is 21.5. The quantitative estimate of drug-likeness (QED) is 0.547. The van der Waals surface area contributed by atoms with E-state index in [9.17, 15) is 0 Å². The van der Waals surface area contributed by atoms with E-state index in [-0.39, 0.29) is 0 Å². The van der Waals surface area contributed by atoms with Gasteiger partial charge in [-0.05, 0) is 79.1 Å². The number of anilines is 3. The summed E-state index contributed by atoms with van der Waals surface area (Å²) in [5, 5.41) is 10.1. The number of nitrogens with one attached hydrogen (secondary N) is 3. The minimum atomic E-state index is 0.293. The SMILES string of the molecule is CNc1nc(NC2CCC(OC(C)C)CC2)nc(NC2CCC(OC(C)C)CC2)n1. The van der Waals surface area contributed by atoms with E-state index in [0.29, 0.717) is 54.3 Å². The van der Waals surface area contributed by atoms with Gasteiger partial charge < -0.3 is 25.4 Å². The lowest BCUT2D eigenvalue weighted by Crippen LogP contribution is -2.33. The molecule has 0 radical (unpaired) electrons. The molecular formula is C22H40N6O2. The topological polar surface area (TPSA) is 93.2 Å². The van der Waals surface area contributed by atoms with Crippen LogP contribution in [-0.2, 0) is 9.47 Å². The second-order valence-corrected chi connectivity index (χ2v) is 9.16. The van der Waals surface area contributed by atoms with Crippen molar-refractivity contribution in [3.8, 4) is 0 Å². The summed E-state index contributed by atoms with van der Waals surface area (Å²) in [4.78, 5) is 13.7. The third kappa shape index (κ3) is 7.23. The Hall–Kier alpha value is -1.67. The van der Waals surface area contributed by atoms with Crippen molar-refractivity contribution in [2.45, 2.75) is 116 Å². The van der Waals surface area contributed by atoms with Crippen LogP contribution >= 0.6 is 0 Å². The van der Waals surface area contributed by atoms with E-state index in [1.165, 1.54) is 0 Å². The first-order valence-electron chi connectivity index (χ1n) is 11.7. The van der Waals surface area contributed by atoms with E-state index in [1.54, 1.807) is 0 Å². The van der Waals surface area contributed by atoms with Crippen LogP contribution in [0.25, 0.3) is 0 Å². The first-order chi connectivity index (χ1) is 14.4. The van der Waals surface area contributed by atoms with Gasteiger partial charge in [-0.25, -0.2) is 0 Å².